The number of hydrogen-bond donors (Lipinski definition) is 0. The van der Waals surface area contributed by atoms with E-state index in [4.69, 9.17) is 10.00 Å². The van der Waals surface area contributed by atoms with Gasteiger partial charge in [0, 0.05) is 0 Å². The highest BCUT2D eigenvalue weighted by molar-refractivity contribution is 9.10. The molecule has 2 aromatic rings. The van der Waals surface area contributed by atoms with Crippen LogP contribution in [0.4, 0.5) is 0 Å². The number of halogens is 1. The summed E-state index contributed by atoms with van der Waals surface area (Å²) in [6.07, 6.45) is 0. The van der Waals surface area contributed by atoms with Crippen LogP contribution in [-0.2, 0) is 0 Å². The van der Waals surface area contributed by atoms with Crippen molar-refractivity contribution in [3.63, 3.8) is 0 Å². The zero-order valence-electron chi connectivity index (χ0n) is 9.27. The highest BCUT2D eigenvalue weighted by Crippen LogP contribution is 2.30. The van der Waals surface area contributed by atoms with Crippen LogP contribution in [0, 0.1) is 18.3 Å². The Morgan fingerprint density at radius 1 is 1.12 bits per heavy atom. The summed E-state index contributed by atoms with van der Waals surface area (Å²) in [5.41, 5.74) is 1.80. The van der Waals surface area contributed by atoms with Crippen molar-refractivity contribution in [3.8, 4) is 17.6 Å². The van der Waals surface area contributed by atoms with E-state index in [0.29, 0.717) is 11.3 Å². The van der Waals surface area contributed by atoms with Gasteiger partial charge >= 0.3 is 0 Å². The fraction of sp³-hybridized carbons (Fsp3) is 0.0714. The van der Waals surface area contributed by atoms with Gasteiger partial charge in [-0.15, -0.1) is 0 Å². The maximum Gasteiger partial charge on any atom is 0.141 e. The Kier molecular flexibility index (Phi) is 3.46. The van der Waals surface area contributed by atoms with Gasteiger partial charge < -0.3 is 4.74 Å². The molecule has 0 aromatic heterocycles. The van der Waals surface area contributed by atoms with Crippen LogP contribution in [0.15, 0.2) is 46.9 Å². The second-order valence-electron chi connectivity index (χ2n) is 3.67. The molecule has 0 atom stereocenters. The maximum absolute atomic E-state index is 8.76. The van der Waals surface area contributed by atoms with E-state index in [0.717, 1.165) is 10.2 Å². The molecule has 84 valence electrons. The van der Waals surface area contributed by atoms with E-state index < -0.39 is 0 Å². The first-order valence-electron chi connectivity index (χ1n) is 5.13. The lowest BCUT2D eigenvalue weighted by molar-refractivity contribution is 0.479. The van der Waals surface area contributed by atoms with Gasteiger partial charge in [0.2, 0.25) is 0 Å². The number of hydrogen-bond acceptors (Lipinski definition) is 2. The zero-order valence-corrected chi connectivity index (χ0v) is 10.9. The third-order valence-corrected chi connectivity index (χ3v) is 2.93. The van der Waals surface area contributed by atoms with Crippen LogP contribution < -0.4 is 4.74 Å². The van der Waals surface area contributed by atoms with Crippen molar-refractivity contribution in [2.24, 2.45) is 0 Å². The molecular weight excluding hydrogens is 278 g/mol. The van der Waals surface area contributed by atoms with E-state index >= 15 is 0 Å². The number of nitriles is 1. The van der Waals surface area contributed by atoms with Crippen molar-refractivity contribution in [2.45, 2.75) is 6.92 Å². The topological polar surface area (TPSA) is 33.0 Å². The summed E-state index contributed by atoms with van der Waals surface area (Å²) in [5.74, 6) is 1.48. The summed E-state index contributed by atoms with van der Waals surface area (Å²) >= 11 is 3.38. The van der Waals surface area contributed by atoms with Crippen LogP contribution in [0.25, 0.3) is 0 Å². The molecule has 0 heterocycles. The van der Waals surface area contributed by atoms with Crippen LogP contribution in [0.5, 0.6) is 11.5 Å². The number of nitrogens with zero attached hydrogens (tertiary/aromatic N) is 1. The summed E-state index contributed by atoms with van der Waals surface area (Å²) in [6, 6.07) is 15.2. The predicted octanol–water partition coefficient (Wildman–Crippen LogP) is 4.42. The lowest BCUT2D eigenvalue weighted by Crippen LogP contribution is -1.86. The Labute approximate surface area is 109 Å². The SMILES string of the molecule is Cc1ccc(Oc2ccc(C#N)cc2Br)cc1. The van der Waals surface area contributed by atoms with Crippen molar-refractivity contribution in [1.82, 2.24) is 0 Å². The molecule has 0 bridgehead atoms. The van der Waals surface area contributed by atoms with Gasteiger partial charge in [-0.25, -0.2) is 0 Å². The Bertz CT molecular complexity index is 570. The molecular formula is C14H10BrNO. The first-order valence-corrected chi connectivity index (χ1v) is 5.92. The van der Waals surface area contributed by atoms with Gasteiger partial charge in [0.15, 0.2) is 0 Å². The normalized spacial score (nSPS) is 9.71. The van der Waals surface area contributed by atoms with Crippen molar-refractivity contribution in [2.75, 3.05) is 0 Å². The van der Waals surface area contributed by atoms with Crippen LogP contribution in [0.2, 0.25) is 0 Å². The molecule has 0 amide bonds. The predicted molar refractivity (Wildman–Crippen MR) is 70.1 cm³/mol. The molecule has 17 heavy (non-hydrogen) atoms. The van der Waals surface area contributed by atoms with Crippen LogP contribution in [0.1, 0.15) is 11.1 Å². The summed E-state index contributed by atoms with van der Waals surface area (Å²) in [7, 11) is 0. The summed E-state index contributed by atoms with van der Waals surface area (Å²) in [5, 5.41) is 8.76. The highest BCUT2D eigenvalue weighted by atomic mass is 79.9. The summed E-state index contributed by atoms with van der Waals surface area (Å²) in [6.45, 7) is 2.03. The largest absolute Gasteiger partial charge is 0.456 e. The van der Waals surface area contributed by atoms with E-state index in [9.17, 15) is 0 Å². The van der Waals surface area contributed by atoms with Gasteiger partial charge in [-0.3, -0.25) is 0 Å². The smallest absolute Gasteiger partial charge is 0.141 e. The Hall–Kier alpha value is -1.79. The molecule has 3 heteroatoms. The lowest BCUT2D eigenvalue weighted by atomic mass is 10.2. The molecule has 0 saturated heterocycles. The zero-order chi connectivity index (χ0) is 12.3. The number of ether oxygens (including phenoxy) is 1. The van der Waals surface area contributed by atoms with E-state index in [1.807, 2.05) is 31.2 Å². The third kappa shape index (κ3) is 2.86. The Morgan fingerprint density at radius 2 is 1.82 bits per heavy atom. The molecule has 0 aliphatic heterocycles. The molecule has 0 unspecified atom stereocenters. The third-order valence-electron chi connectivity index (χ3n) is 2.31. The minimum absolute atomic E-state index is 0.605. The van der Waals surface area contributed by atoms with Crippen LogP contribution in [0.3, 0.4) is 0 Å². The average molecular weight is 288 g/mol. The fourth-order valence-corrected chi connectivity index (χ4v) is 1.85. The van der Waals surface area contributed by atoms with Crippen molar-refractivity contribution < 1.29 is 4.74 Å². The molecule has 2 rings (SSSR count). The fourth-order valence-electron chi connectivity index (χ4n) is 1.39. The van der Waals surface area contributed by atoms with Gasteiger partial charge in [0.05, 0.1) is 16.1 Å². The molecule has 0 fully saturated rings. The summed E-state index contributed by atoms with van der Waals surface area (Å²) < 4.78 is 6.48. The monoisotopic (exact) mass is 287 g/mol. The van der Waals surface area contributed by atoms with Gasteiger partial charge in [-0.2, -0.15) is 5.26 Å². The second kappa shape index (κ2) is 5.03. The standard InChI is InChI=1S/C14H10BrNO/c1-10-2-5-12(6-3-10)17-14-7-4-11(9-16)8-13(14)15/h2-8H,1H3. The highest BCUT2D eigenvalue weighted by Gasteiger charge is 2.03. The van der Waals surface area contributed by atoms with Crippen molar-refractivity contribution >= 4 is 15.9 Å². The summed E-state index contributed by atoms with van der Waals surface area (Å²) in [4.78, 5) is 0. The maximum atomic E-state index is 8.76. The van der Waals surface area contributed by atoms with Crippen LogP contribution >= 0.6 is 15.9 Å². The lowest BCUT2D eigenvalue weighted by Gasteiger charge is -2.07. The van der Waals surface area contributed by atoms with Crippen molar-refractivity contribution in [3.05, 3.63) is 58.1 Å². The number of aryl methyl sites for hydroxylation is 1. The van der Waals surface area contributed by atoms with Crippen molar-refractivity contribution in [1.29, 1.82) is 5.26 Å². The molecule has 2 aromatic carbocycles. The van der Waals surface area contributed by atoms with E-state index in [1.165, 1.54) is 5.56 Å². The molecule has 0 aliphatic carbocycles. The quantitative estimate of drug-likeness (QED) is 0.819. The molecule has 2 nitrogen and oxygen atoms in total. The van der Waals surface area contributed by atoms with Gasteiger partial charge in [0.1, 0.15) is 11.5 Å². The number of rotatable bonds is 2. The van der Waals surface area contributed by atoms with Crippen LogP contribution in [-0.4, -0.2) is 0 Å². The number of benzene rings is 2. The van der Waals surface area contributed by atoms with E-state index in [1.54, 1.807) is 18.2 Å². The molecule has 0 aliphatic rings. The molecule has 0 saturated carbocycles. The molecule has 0 radical (unpaired) electrons. The van der Waals surface area contributed by atoms with Gasteiger partial charge in [-0.1, -0.05) is 17.7 Å². The molecule has 0 spiro atoms. The Morgan fingerprint density at radius 3 is 2.41 bits per heavy atom. The minimum Gasteiger partial charge on any atom is -0.456 e. The molecule has 0 N–H and O–H groups in total. The van der Waals surface area contributed by atoms with E-state index in [2.05, 4.69) is 22.0 Å². The Balaban J connectivity index is 2.25. The minimum atomic E-state index is 0.605. The van der Waals surface area contributed by atoms with Gasteiger partial charge in [0.25, 0.3) is 0 Å². The first kappa shape index (κ1) is 11.7. The van der Waals surface area contributed by atoms with Gasteiger partial charge in [-0.05, 0) is 53.2 Å². The first-order chi connectivity index (χ1) is 8.19. The average Bonchev–Trinajstić information content (AvgIpc) is 2.34. The van der Waals surface area contributed by atoms with E-state index in [-0.39, 0.29) is 0 Å². The second-order valence-corrected chi connectivity index (χ2v) is 4.53.